The number of ether oxygens (including phenoxy) is 2. The first-order valence-corrected chi connectivity index (χ1v) is 6.94. The summed E-state index contributed by atoms with van der Waals surface area (Å²) < 4.78 is 10.4. The molecular weight excluding hydrogens is 302 g/mol. The van der Waals surface area contributed by atoms with Gasteiger partial charge in [-0.05, 0) is 13.0 Å². The lowest BCUT2D eigenvalue weighted by Crippen LogP contribution is -2.33. The SMILES string of the molecule is CCOC(=O)C(C#N)C1C([N+](=O)[O-])=C(NC)Oc2ccccc21. The Hall–Kier alpha value is -3.08. The van der Waals surface area contributed by atoms with E-state index in [0.717, 1.165) is 0 Å². The number of nitro groups is 1. The molecule has 120 valence electrons. The van der Waals surface area contributed by atoms with E-state index in [1.165, 1.54) is 7.05 Å². The fraction of sp³-hybridized carbons (Fsp3) is 0.333. The molecule has 2 rings (SSSR count). The highest BCUT2D eigenvalue weighted by Gasteiger charge is 2.46. The molecule has 1 N–H and O–H groups in total. The van der Waals surface area contributed by atoms with Gasteiger partial charge < -0.3 is 14.8 Å². The summed E-state index contributed by atoms with van der Waals surface area (Å²) in [6.07, 6.45) is 0. The summed E-state index contributed by atoms with van der Waals surface area (Å²) in [7, 11) is 1.47. The van der Waals surface area contributed by atoms with Gasteiger partial charge in [-0.3, -0.25) is 14.9 Å². The summed E-state index contributed by atoms with van der Waals surface area (Å²) in [5.41, 5.74) is 0.0311. The molecule has 0 saturated carbocycles. The minimum atomic E-state index is -1.34. The van der Waals surface area contributed by atoms with Crippen LogP contribution in [-0.4, -0.2) is 24.5 Å². The van der Waals surface area contributed by atoms with Crippen LogP contribution in [0.4, 0.5) is 0 Å². The molecule has 0 fully saturated rings. The fourth-order valence-corrected chi connectivity index (χ4v) is 2.49. The molecule has 23 heavy (non-hydrogen) atoms. The van der Waals surface area contributed by atoms with Gasteiger partial charge in [0.15, 0.2) is 5.92 Å². The van der Waals surface area contributed by atoms with Crippen molar-refractivity contribution in [3.05, 3.63) is 51.5 Å². The maximum atomic E-state index is 12.1. The van der Waals surface area contributed by atoms with Gasteiger partial charge in [0.2, 0.25) is 0 Å². The number of carbonyl (C=O) groups is 1. The van der Waals surface area contributed by atoms with E-state index in [0.29, 0.717) is 11.3 Å². The van der Waals surface area contributed by atoms with Crippen molar-refractivity contribution in [2.45, 2.75) is 12.8 Å². The maximum Gasteiger partial charge on any atom is 0.324 e. The van der Waals surface area contributed by atoms with Crippen LogP contribution in [0.1, 0.15) is 18.4 Å². The van der Waals surface area contributed by atoms with Crippen LogP contribution in [0.3, 0.4) is 0 Å². The number of benzene rings is 1. The highest BCUT2D eigenvalue weighted by molar-refractivity contribution is 5.77. The van der Waals surface area contributed by atoms with Crippen molar-refractivity contribution in [3.8, 4) is 11.8 Å². The standard InChI is InChI=1S/C15H15N3O5/c1-3-22-15(19)10(8-16)12-9-6-4-5-7-11(9)23-14(17-2)13(12)18(20)21/h4-7,10,12,17H,3H2,1-2H3. The van der Waals surface area contributed by atoms with Crippen LogP contribution in [0.2, 0.25) is 0 Å². The van der Waals surface area contributed by atoms with E-state index in [2.05, 4.69) is 5.32 Å². The normalized spacial score (nSPS) is 17.3. The highest BCUT2D eigenvalue weighted by Crippen LogP contribution is 2.43. The van der Waals surface area contributed by atoms with Gasteiger partial charge in [0.1, 0.15) is 11.7 Å². The zero-order chi connectivity index (χ0) is 17.0. The van der Waals surface area contributed by atoms with E-state index in [9.17, 15) is 20.2 Å². The lowest BCUT2D eigenvalue weighted by atomic mass is 9.82. The summed E-state index contributed by atoms with van der Waals surface area (Å²) in [6.45, 7) is 1.69. The molecule has 0 aliphatic carbocycles. The Labute approximate surface area is 132 Å². The first-order chi connectivity index (χ1) is 11.0. The minimum absolute atomic E-state index is 0.0816. The van der Waals surface area contributed by atoms with Gasteiger partial charge in [-0.2, -0.15) is 5.26 Å². The van der Waals surface area contributed by atoms with E-state index >= 15 is 0 Å². The molecule has 1 aromatic carbocycles. The van der Waals surface area contributed by atoms with Gasteiger partial charge in [0.05, 0.1) is 17.6 Å². The van der Waals surface area contributed by atoms with Gasteiger partial charge in [0.25, 0.3) is 5.88 Å². The molecular formula is C15H15N3O5. The van der Waals surface area contributed by atoms with Gasteiger partial charge in [-0.1, -0.05) is 18.2 Å². The number of carbonyl (C=O) groups excluding carboxylic acids is 1. The fourth-order valence-electron chi connectivity index (χ4n) is 2.49. The van der Waals surface area contributed by atoms with E-state index in [4.69, 9.17) is 9.47 Å². The lowest BCUT2D eigenvalue weighted by Gasteiger charge is -2.26. The van der Waals surface area contributed by atoms with Gasteiger partial charge in [-0.25, -0.2) is 0 Å². The molecule has 0 spiro atoms. The highest BCUT2D eigenvalue weighted by atomic mass is 16.6. The van der Waals surface area contributed by atoms with Crippen LogP contribution in [-0.2, 0) is 9.53 Å². The van der Waals surface area contributed by atoms with Gasteiger partial charge >= 0.3 is 11.7 Å². The van der Waals surface area contributed by atoms with Crippen molar-refractivity contribution < 1.29 is 19.2 Å². The van der Waals surface area contributed by atoms with Crippen molar-refractivity contribution in [1.82, 2.24) is 5.32 Å². The zero-order valence-corrected chi connectivity index (χ0v) is 12.6. The van der Waals surface area contributed by atoms with Crippen LogP contribution in [0.25, 0.3) is 0 Å². The van der Waals surface area contributed by atoms with Crippen molar-refractivity contribution >= 4 is 5.97 Å². The summed E-state index contributed by atoms with van der Waals surface area (Å²) in [5.74, 6) is -2.96. The Kier molecular flexibility index (Phi) is 4.81. The van der Waals surface area contributed by atoms with E-state index in [-0.39, 0.29) is 18.2 Å². The van der Waals surface area contributed by atoms with Gasteiger partial charge in [0, 0.05) is 12.6 Å². The second-order valence-electron chi connectivity index (χ2n) is 4.70. The van der Waals surface area contributed by atoms with Crippen molar-refractivity contribution in [2.24, 2.45) is 5.92 Å². The maximum absolute atomic E-state index is 12.1. The molecule has 2 atom stereocenters. The number of esters is 1. The Balaban J connectivity index is 2.63. The number of hydrogen-bond acceptors (Lipinski definition) is 7. The molecule has 1 aliphatic heterocycles. The molecule has 1 aliphatic rings. The smallest absolute Gasteiger partial charge is 0.324 e. The third-order valence-corrected chi connectivity index (χ3v) is 3.43. The summed E-state index contributed by atoms with van der Waals surface area (Å²) in [5, 5.41) is 23.5. The number of nitrogens with one attached hydrogen (secondary N) is 1. The van der Waals surface area contributed by atoms with Gasteiger partial charge in [-0.15, -0.1) is 0 Å². The van der Waals surface area contributed by atoms with Crippen LogP contribution in [0.5, 0.6) is 5.75 Å². The lowest BCUT2D eigenvalue weighted by molar-refractivity contribution is -0.434. The number of para-hydroxylation sites is 1. The Morgan fingerprint density at radius 1 is 1.57 bits per heavy atom. The number of hydrogen-bond donors (Lipinski definition) is 1. The number of nitriles is 1. The molecule has 8 nitrogen and oxygen atoms in total. The third kappa shape index (κ3) is 2.94. The number of allylic oxidation sites excluding steroid dienone is 1. The Morgan fingerprint density at radius 2 is 2.26 bits per heavy atom. The number of nitrogens with zero attached hydrogens (tertiary/aromatic N) is 2. The van der Waals surface area contributed by atoms with Crippen LogP contribution in [0.15, 0.2) is 35.8 Å². The first kappa shape index (κ1) is 16.3. The quantitative estimate of drug-likeness (QED) is 0.497. The van der Waals surface area contributed by atoms with Crippen LogP contribution < -0.4 is 10.1 Å². The molecule has 0 aromatic heterocycles. The Morgan fingerprint density at radius 3 is 2.83 bits per heavy atom. The molecule has 1 heterocycles. The van der Waals surface area contributed by atoms with E-state index in [1.54, 1.807) is 31.2 Å². The minimum Gasteiger partial charge on any atom is -0.465 e. The van der Waals surface area contributed by atoms with E-state index < -0.39 is 22.7 Å². The molecule has 2 unspecified atom stereocenters. The monoisotopic (exact) mass is 317 g/mol. The van der Waals surface area contributed by atoms with Crippen LogP contribution >= 0.6 is 0 Å². The largest absolute Gasteiger partial charge is 0.465 e. The average Bonchev–Trinajstić information content (AvgIpc) is 2.54. The summed E-state index contributed by atoms with van der Waals surface area (Å²) in [6, 6.07) is 8.41. The topological polar surface area (TPSA) is 114 Å². The van der Waals surface area contributed by atoms with Crippen molar-refractivity contribution in [1.29, 1.82) is 5.26 Å². The number of fused-ring (bicyclic) bond motifs is 1. The second-order valence-corrected chi connectivity index (χ2v) is 4.70. The van der Waals surface area contributed by atoms with E-state index in [1.807, 2.05) is 6.07 Å². The molecule has 0 radical (unpaired) electrons. The predicted octanol–water partition coefficient (Wildman–Crippen LogP) is 1.53. The Bertz CT molecular complexity index is 707. The van der Waals surface area contributed by atoms with Crippen LogP contribution in [0, 0.1) is 27.4 Å². The predicted molar refractivity (Wildman–Crippen MR) is 78.6 cm³/mol. The van der Waals surface area contributed by atoms with Crippen molar-refractivity contribution in [3.63, 3.8) is 0 Å². The zero-order valence-electron chi connectivity index (χ0n) is 12.6. The second kappa shape index (κ2) is 6.79. The first-order valence-electron chi connectivity index (χ1n) is 6.94. The molecule has 8 heteroatoms. The third-order valence-electron chi connectivity index (χ3n) is 3.43. The molecule has 1 aromatic rings. The molecule has 0 bridgehead atoms. The average molecular weight is 317 g/mol. The number of rotatable bonds is 5. The van der Waals surface area contributed by atoms with Crippen molar-refractivity contribution in [2.75, 3.05) is 13.7 Å². The summed E-state index contributed by atoms with van der Waals surface area (Å²) >= 11 is 0. The molecule has 0 saturated heterocycles. The summed E-state index contributed by atoms with van der Waals surface area (Å²) in [4.78, 5) is 23.0. The molecule has 0 amide bonds.